The third-order valence-electron chi connectivity index (χ3n) is 8.96. The minimum absolute atomic E-state index is 0.0614. The van der Waals surface area contributed by atoms with Gasteiger partial charge in [0.25, 0.3) is 6.47 Å². The number of hydrogen-bond donors (Lipinski definition) is 1. The molecule has 2 heterocycles. The first kappa shape index (κ1) is 39.9. The second-order valence-electron chi connectivity index (χ2n) is 12.5. The van der Waals surface area contributed by atoms with Crippen LogP contribution < -0.4 is 9.47 Å². The zero-order chi connectivity index (χ0) is 38.1. The molecule has 5 rings (SSSR count). The van der Waals surface area contributed by atoms with Crippen LogP contribution in [0.15, 0.2) is 89.6 Å². The van der Waals surface area contributed by atoms with E-state index in [2.05, 4.69) is 16.8 Å². The summed E-state index contributed by atoms with van der Waals surface area (Å²) in [6, 6.07) is 19.3. The zero-order valence-electron chi connectivity index (χ0n) is 30.0. The lowest BCUT2D eigenvalue weighted by molar-refractivity contribution is -0.270. The molecule has 0 amide bonds. The molecule has 0 bridgehead atoms. The molecule has 0 aromatic heterocycles. The third-order valence-corrected chi connectivity index (χ3v) is 8.96. The van der Waals surface area contributed by atoms with Crippen molar-refractivity contribution >= 4 is 30.8 Å². The maximum atomic E-state index is 12.8. The molecular formula is C40H44N2O12. The highest BCUT2D eigenvalue weighted by Gasteiger charge is 2.51. The molecule has 2 aliphatic heterocycles. The molecule has 3 aromatic carbocycles. The number of methoxy groups -OCH3 is 1. The normalized spacial score (nSPS) is 19.7. The first-order valence-corrected chi connectivity index (χ1v) is 17.6. The summed E-state index contributed by atoms with van der Waals surface area (Å²) in [7, 11) is 1.59. The Morgan fingerprint density at radius 3 is 2.28 bits per heavy atom. The Bertz CT molecular complexity index is 1740. The summed E-state index contributed by atoms with van der Waals surface area (Å²) >= 11 is 0. The van der Waals surface area contributed by atoms with E-state index in [0.29, 0.717) is 60.0 Å². The van der Waals surface area contributed by atoms with Gasteiger partial charge in [-0.05, 0) is 96.0 Å². The molecule has 0 spiro atoms. The van der Waals surface area contributed by atoms with Gasteiger partial charge in [0.05, 0.1) is 38.9 Å². The maximum absolute atomic E-state index is 12.8. The van der Waals surface area contributed by atoms with Crippen molar-refractivity contribution in [3.05, 3.63) is 107 Å². The molecule has 14 heteroatoms. The fourth-order valence-corrected chi connectivity index (χ4v) is 6.11. The number of unbranched alkanes of at least 4 members (excludes halogenated alkanes) is 3. The third kappa shape index (κ3) is 11.1. The predicted molar refractivity (Wildman–Crippen MR) is 195 cm³/mol. The highest BCUT2D eigenvalue weighted by molar-refractivity contribution is 5.83. The molecule has 14 nitrogen and oxygen atoms in total. The Kier molecular flexibility index (Phi) is 15.4. The average molecular weight is 745 g/mol. The lowest BCUT2D eigenvalue weighted by atomic mass is 9.95. The Hall–Kier alpha value is -5.25. The number of rotatable bonds is 21. The van der Waals surface area contributed by atoms with Gasteiger partial charge >= 0.3 is 11.9 Å². The van der Waals surface area contributed by atoms with Gasteiger partial charge in [0, 0.05) is 13.2 Å². The van der Waals surface area contributed by atoms with Crippen molar-refractivity contribution < 1.29 is 57.7 Å². The number of fused-ring (bicyclic) bond motifs is 1. The van der Waals surface area contributed by atoms with E-state index in [-0.39, 0.29) is 31.5 Å². The van der Waals surface area contributed by atoms with E-state index in [4.69, 9.17) is 38.0 Å². The van der Waals surface area contributed by atoms with Crippen LogP contribution in [0.4, 0.5) is 0 Å². The van der Waals surface area contributed by atoms with Crippen LogP contribution in [0.2, 0.25) is 0 Å². The van der Waals surface area contributed by atoms with Gasteiger partial charge in [-0.1, -0.05) is 30.8 Å². The van der Waals surface area contributed by atoms with Crippen molar-refractivity contribution in [1.29, 1.82) is 0 Å². The first-order chi connectivity index (χ1) is 26.4. The quantitative estimate of drug-likeness (QED) is 0.0216. The molecule has 54 heavy (non-hydrogen) atoms. The second kappa shape index (κ2) is 20.8. The summed E-state index contributed by atoms with van der Waals surface area (Å²) in [5.74, 6) is -0.308. The Morgan fingerprint density at radius 2 is 1.57 bits per heavy atom. The average Bonchev–Trinajstić information content (AvgIpc) is 3.81. The molecule has 5 unspecified atom stereocenters. The van der Waals surface area contributed by atoms with E-state index < -0.39 is 24.0 Å². The number of nitrogens with zero attached hydrogens (tertiary/aromatic N) is 2. The molecule has 2 aliphatic rings. The summed E-state index contributed by atoms with van der Waals surface area (Å²) < 4.78 is 38.3. The topological polar surface area (TPSA) is 170 Å². The summed E-state index contributed by atoms with van der Waals surface area (Å²) in [5, 5.41) is 18.2. The number of carbonyl (C=O) groups excluding carboxylic acids is 3. The van der Waals surface area contributed by atoms with Gasteiger partial charge < -0.3 is 33.2 Å². The van der Waals surface area contributed by atoms with Crippen LogP contribution in [-0.2, 0) is 49.6 Å². The van der Waals surface area contributed by atoms with Gasteiger partial charge in [-0.25, -0.2) is 9.68 Å². The maximum Gasteiger partial charge on any atom is 0.330 e. The van der Waals surface area contributed by atoms with E-state index in [1.807, 2.05) is 0 Å². The van der Waals surface area contributed by atoms with Crippen molar-refractivity contribution in [2.24, 2.45) is 16.1 Å². The molecule has 286 valence electrons. The minimum atomic E-state index is -0.867. The summed E-state index contributed by atoms with van der Waals surface area (Å²) in [5.41, 5.74) is 3.23. The van der Waals surface area contributed by atoms with E-state index in [1.54, 1.807) is 80.1 Å². The molecule has 0 saturated carbocycles. The Labute approximate surface area is 313 Å². The standard InChI is InChI=1S/C40H44N2O12/c1-3-36(44)50-19-7-5-4-6-18-49-31-15-11-29(12-16-31)37(54-46)33-17-10-28(20-30(33)23-48-26-43)22-42-41-21-27-8-13-32(14-9-27)53-40(45)34-24-51-39-35(47-2)25-52-38(34)39/h3,8-17,20-22,26,34-35,37-39,46H,1,4-7,18-19,23-25H2,2H3/b41-21+,42-22+. The van der Waals surface area contributed by atoms with Gasteiger partial charge in [0.15, 0.2) is 0 Å². The molecular weight excluding hydrogens is 700 g/mol. The van der Waals surface area contributed by atoms with Crippen LogP contribution in [0.5, 0.6) is 11.5 Å². The van der Waals surface area contributed by atoms with Gasteiger partial charge in [0.1, 0.15) is 48.4 Å². The van der Waals surface area contributed by atoms with Crippen LogP contribution in [0.25, 0.3) is 0 Å². The smallest absolute Gasteiger partial charge is 0.330 e. The SMILES string of the molecule is C=CC(=O)OCCCCCCOc1ccc(C(OO)c2ccc(/C=N/N=C/c3ccc(OC(=O)C4COC5C(OC)COC45)cc3)cc2COC=O)cc1. The lowest BCUT2D eigenvalue weighted by Gasteiger charge is -2.19. The molecule has 5 atom stereocenters. The van der Waals surface area contributed by atoms with Gasteiger partial charge in [-0.2, -0.15) is 10.2 Å². The van der Waals surface area contributed by atoms with Crippen LogP contribution in [0.3, 0.4) is 0 Å². The van der Waals surface area contributed by atoms with Crippen molar-refractivity contribution in [1.82, 2.24) is 0 Å². The number of ether oxygens (including phenoxy) is 7. The van der Waals surface area contributed by atoms with Gasteiger partial charge in [-0.3, -0.25) is 14.8 Å². The minimum Gasteiger partial charge on any atom is -0.494 e. The van der Waals surface area contributed by atoms with Crippen molar-refractivity contribution in [3.63, 3.8) is 0 Å². The Balaban J connectivity index is 1.12. The van der Waals surface area contributed by atoms with Crippen LogP contribution in [0.1, 0.15) is 59.6 Å². The van der Waals surface area contributed by atoms with E-state index in [9.17, 15) is 19.6 Å². The number of benzene rings is 3. The van der Waals surface area contributed by atoms with Crippen molar-refractivity contribution in [2.45, 2.75) is 56.7 Å². The first-order valence-electron chi connectivity index (χ1n) is 17.6. The van der Waals surface area contributed by atoms with Crippen LogP contribution in [-0.4, -0.2) is 87.9 Å². The number of carbonyl (C=O) groups is 3. The highest BCUT2D eigenvalue weighted by atomic mass is 17.1. The second-order valence-corrected chi connectivity index (χ2v) is 12.5. The monoisotopic (exact) mass is 744 g/mol. The largest absolute Gasteiger partial charge is 0.494 e. The van der Waals surface area contributed by atoms with Crippen LogP contribution in [0, 0.1) is 5.92 Å². The van der Waals surface area contributed by atoms with Gasteiger partial charge in [-0.15, -0.1) is 0 Å². The van der Waals surface area contributed by atoms with Crippen molar-refractivity contribution in [2.75, 3.05) is 33.5 Å². The molecule has 0 aliphatic carbocycles. The number of hydrogen-bond acceptors (Lipinski definition) is 14. The summed E-state index contributed by atoms with van der Waals surface area (Å²) in [6.07, 6.45) is 5.99. The summed E-state index contributed by atoms with van der Waals surface area (Å²) in [4.78, 5) is 39.8. The van der Waals surface area contributed by atoms with E-state index in [1.165, 1.54) is 6.21 Å². The van der Waals surface area contributed by atoms with Crippen molar-refractivity contribution in [3.8, 4) is 11.5 Å². The van der Waals surface area contributed by atoms with Gasteiger partial charge in [0.2, 0.25) is 0 Å². The molecule has 2 fully saturated rings. The van der Waals surface area contributed by atoms with E-state index >= 15 is 0 Å². The zero-order valence-corrected chi connectivity index (χ0v) is 30.0. The fraction of sp³-hybridized carbons (Fsp3) is 0.375. The lowest BCUT2D eigenvalue weighted by Crippen LogP contribution is -2.34. The fourth-order valence-electron chi connectivity index (χ4n) is 6.11. The highest BCUT2D eigenvalue weighted by Crippen LogP contribution is 2.34. The molecule has 2 saturated heterocycles. The van der Waals surface area contributed by atoms with E-state index in [0.717, 1.165) is 37.3 Å². The Morgan fingerprint density at radius 1 is 0.889 bits per heavy atom. The number of esters is 2. The molecule has 0 radical (unpaired) electrons. The molecule has 1 N–H and O–H groups in total. The summed E-state index contributed by atoms with van der Waals surface area (Å²) in [6.45, 7) is 5.15. The predicted octanol–water partition coefficient (Wildman–Crippen LogP) is 5.39. The van der Waals surface area contributed by atoms with Crippen LogP contribution >= 0.6 is 0 Å². The molecule has 3 aromatic rings.